The van der Waals surface area contributed by atoms with E-state index in [1.165, 1.54) is 28.9 Å². The second kappa shape index (κ2) is 9.99. The summed E-state index contributed by atoms with van der Waals surface area (Å²) in [6.45, 7) is 1.82. The lowest BCUT2D eigenvalue weighted by atomic mass is 10.0. The highest BCUT2D eigenvalue weighted by Gasteiger charge is 2.14. The molecular formula is C22H22F2N4O4. The van der Waals surface area contributed by atoms with Crippen LogP contribution in [-0.2, 0) is 24.2 Å². The number of aryl methyl sites for hydroxylation is 3. The molecule has 0 saturated heterocycles. The second-order valence-electron chi connectivity index (χ2n) is 7.22. The summed E-state index contributed by atoms with van der Waals surface area (Å²) in [5, 5.41) is 30.0. The first kappa shape index (κ1) is 22.9. The van der Waals surface area contributed by atoms with Crippen LogP contribution in [0.1, 0.15) is 29.7 Å². The SMILES string of the molecule is Cc1[nH]n(CCCC(=O)O)c(=O)c1N=Nc1cccc(CCc2c(F)cccc2F)c1O. The number of aromatic hydroxyl groups is 1. The van der Waals surface area contributed by atoms with Gasteiger partial charge < -0.3 is 10.2 Å². The van der Waals surface area contributed by atoms with E-state index in [4.69, 9.17) is 5.11 Å². The fraction of sp³-hybridized carbons (Fsp3) is 0.273. The fourth-order valence-electron chi connectivity index (χ4n) is 3.25. The highest BCUT2D eigenvalue weighted by molar-refractivity contribution is 5.66. The first-order valence-electron chi connectivity index (χ1n) is 9.94. The van der Waals surface area contributed by atoms with Crippen LogP contribution in [0.4, 0.5) is 20.2 Å². The lowest BCUT2D eigenvalue weighted by Crippen LogP contribution is -2.17. The maximum absolute atomic E-state index is 13.8. The quantitative estimate of drug-likeness (QED) is 0.420. The molecule has 0 bridgehead atoms. The number of azo groups is 1. The third-order valence-corrected chi connectivity index (χ3v) is 4.94. The van der Waals surface area contributed by atoms with Crippen LogP contribution in [0, 0.1) is 18.6 Å². The molecule has 0 amide bonds. The maximum Gasteiger partial charge on any atom is 0.303 e. The van der Waals surface area contributed by atoms with E-state index >= 15 is 0 Å². The van der Waals surface area contributed by atoms with Crippen molar-refractivity contribution in [2.75, 3.05) is 0 Å². The minimum absolute atomic E-state index is 0.0403. The standard InChI is InChI=1S/C22H22F2N4O4/c1-13-20(22(32)28(27-13)12-4-9-19(29)30)26-25-18-8-2-5-14(21(18)31)10-11-15-16(23)6-3-7-17(15)24/h2-3,5-8,27,31H,4,9-12H2,1H3,(H,29,30). The predicted molar refractivity (Wildman–Crippen MR) is 113 cm³/mol. The topological polar surface area (TPSA) is 120 Å². The Morgan fingerprint density at radius 1 is 1.09 bits per heavy atom. The minimum Gasteiger partial charge on any atom is -0.505 e. The van der Waals surface area contributed by atoms with Gasteiger partial charge in [0.2, 0.25) is 0 Å². The Morgan fingerprint density at radius 2 is 1.78 bits per heavy atom. The van der Waals surface area contributed by atoms with Crippen LogP contribution in [0.25, 0.3) is 0 Å². The predicted octanol–water partition coefficient (Wildman–Crippen LogP) is 4.53. The Kier molecular flexibility index (Phi) is 7.14. The highest BCUT2D eigenvalue weighted by atomic mass is 19.1. The molecule has 0 atom stereocenters. The second-order valence-corrected chi connectivity index (χ2v) is 7.22. The molecule has 0 spiro atoms. The molecule has 32 heavy (non-hydrogen) atoms. The Bertz CT molecular complexity index is 1200. The Hall–Kier alpha value is -3.82. The molecule has 168 valence electrons. The summed E-state index contributed by atoms with van der Waals surface area (Å²) in [6, 6.07) is 8.38. The summed E-state index contributed by atoms with van der Waals surface area (Å²) in [4.78, 5) is 23.1. The Labute approximate surface area is 181 Å². The summed E-state index contributed by atoms with van der Waals surface area (Å²) in [7, 11) is 0. The molecule has 10 heteroatoms. The molecule has 0 saturated carbocycles. The first-order valence-corrected chi connectivity index (χ1v) is 9.94. The van der Waals surface area contributed by atoms with Gasteiger partial charge in [0.05, 0.1) is 5.69 Å². The molecule has 0 aliphatic carbocycles. The molecule has 3 N–H and O–H groups in total. The van der Waals surface area contributed by atoms with Crippen molar-refractivity contribution in [1.29, 1.82) is 0 Å². The van der Waals surface area contributed by atoms with Gasteiger partial charge in [-0.3, -0.25) is 19.4 Å². The smallest absolute Gasteiger partial charge is 0.303 e. The summed E-state index contributed by atoms with van der Waals surface area (Å²) in [5.74, 6) is -2.44. The highest BCUT2D eigenvalue weighted by Crippen LogP contribution is 2.32. The monoisotopic (exact) mass is 444 g/mol. The number of carboxylic acid groups (broad SMARTS) is 1. The van der Waals surface area contributed by atoms with Crippen LogP contribution in [0.2, 0.25) is 0 Å². The fourth-order valence-corrected chi connectivity index (χ4v) is 3.25. The number of carbonyl (C=O) groups is 1. The molecule has 3 rings (SSSR count). The van der Waals surface area contributed by atoms with E-state index < -0.39 is 23.2 Å². The molecule has 0 aliphatic rings. The van der Waals surface area contributed by atoms with Crippen LogP contribution >= 0.6 is 0 Å². The van der Waals surface area contributed by atoms with Crippen molar-refractivity contribution in [2.45, 2.75) is 39.2 Å². The number of hydrogen-bond acceptors (Lipinski definition) is 5. The number of aliphatic carboxylic acids is 1. The van der Waals surface area contributed by atoms with Gasteiger partial charge in [-0.1, -0.05) is 18.2 Å². The average Bonchev–Trinajstić information content (AvgIpc) is 3.00. The van der Waals surface area contributed by atoms with Crippen LogP contribution in [0.5, 0.6) is 5.75 Å². The molecule has 8 nitrogen and oxygen atoms in total. The van der Waals surface area contributed by atoms with E-state index in [9.17, 15) is 23.5 Å². The number of benzene rings is 2. The molecule has 0 unspecified atom stereocenters. The molecule has 1 aromatic heterocycles. The number of halogens is 2. The first-order chi connectivity index (χ1) is 15.3. The number of phenolic OH excluding ortho intramolecular Hbond substituents is 1. The van der Waals surface area contributed by atoms with Gasteiger partial charge in [-0.05, 0) is 49.9 Å². The third kappa shape index (κ3) is 5.26. The van der Waals surface area contributed by atoms with Crippen molar-refractivity contribution < 1.29 is 23.8 Å². The molecular weight excluding hydrogens is 422 g/mol. The summed E-state index contributed by atoms with van der Waals surface area (Å²) >= 11 is 0. The number of aromatic amines is 1. The van der Waals surface area contributed by atoms with E-state index in [1.807, 2.05) is 0 Å². The van der Waals surface area contributed by atoms with Gasteiger partial charge in [0, 0.05) is 18.5 Å². The van der Waals surface area contributed by atoms with Crippen molar-refractivity contribution in [2.24, 2.45) is 10.2 Å². The molecule has 2 aromatic carbocycles. The molecule has 0 fully saturated rings. The van der Waals surface area contributed by atoms with Gasteiger partial charge in [0.15, 0.2) is 5.69 Å². The number of rotatable bonds is 9. The van der Waals surface area contributed by atoms with Gasteiger partial charge in [-0.2, -0.15) is 0 Å². The van der Waals surface area contributed by atoms with Crippen LogP contribution in [0.15, 0.2) is 51.4 Å². The number of nitrogens with one attached hydrogen (secondary N) is 1. The summed E-state index contributed by atoms with van der Waals surface area (Å²) in [6.07, 6.45) is 0.424. The lowest BCUT2D eigenvalue weighted by molar-refractivity contribution is -0.137. The Morgan fingerprint density at radius 3 is 2.47 bits per heavy atom. The van der Waals surface area contributed by atoms with Crippen molar-refractivity contribution in [3.63, 3.8) is 0 Å². The Balaban J connectivity index is 1.77. The van der Waals surface area contributed by atoms with Gasteiger partial charge in [0.1, 0.15) is 23.1 Å². The van der Waals surface area contributed by atoms with Gasteiger partial charge >= 0.3 is 5.97 Å². The number of para-hydroxylation sites is 1. The lowest BCUT2D eigenvalue weighted by Gasteiger charge is -2.08. The summed E-state index contributed by atoms with van der Waals surface area (Å²) < 4.78 is 28.9. The van der Waals surface area contributed by atoms with Gasteiger partial charge in [-0.15, -0.1) is 10.2 Å². The number of hydrogen-bond donors (Lipinski definition) is 3. The van der Waals surface area contributed by atoms with Gasteiger partial charge in [0.25, 0.3) is 5.56 Å². The van der Waals surface area contributed by atoms with Gasteiger partial charge in [-0.25, -0.2) is 8.78 Å². The van der Waals surface area contributed by atoms with Crippen LogP contribution < -0.4 is 5.56 Å². The van der Waals surface area contributed by atoms with Crippen molar-refractivity contribution in [1.82, 2.24) is 9.78 Å². The van der Waals surface area contributed by atoms with Crippen molar-refractivity contribution in [3.05, 3.63) is 75.2 Å². The van der Waals surface area contributed by atoms with E-state index in [1.54, 1.807) is 19.1 Å². The van der Waals surface area contributed by atoms with E-state index in [0.29, 0.717) is 11.3 Å². The molecule has 1 heterocycles. The zero-order valence-electron chi connectivity index (χ0n) is 17.3. The van der Waals surface area contributed by atoms with Crippen molar-refractivity contribution in [3.8, 4) is 5.75 Å². The van der Waals surface area contributed by atoms with E-state index in [-0.39, 0.29) is 54.9 Å². The number of nitrogens with zero attached hydrogens (tertiary/aromatic N) is 3. The number of aromatic nitrogens is 2. The van der Waals surface area contributed by atoms with Crippen molar-refractivity contribution >= 4 is 17.3 Å². The van der Waals surface area contributed by atoms with Crippen LogP contribution in [0.3, 0.4) is 0 Å². The number of H-pyrrole nitrogens is 1. The minimum atomic E-state index is -0.950. The molecule has 3 aromatic rings. The third-order valence-electron chi connectivity index (χ3n) is 4.94. The number of phenols is 1. The molecule has 0 aliphatic heterocycles. The number of carboxylic acids is 1. The van der Waals surface area contributed by atoms with E-state index in [2.05, 4.69) is 15.3 Å². The normalized spacial score (nSPS) is 11.3. The molecule has 0 radical (unpaired) electrons. The zero-order valence-corrected chi connectivity index (χ0v) is 17.3. The summed E-state index contributed by atoms with van der Waals surface area (Å²) in [5.41, 5.74) is 0.501. The average molecular weight is 444 g/mol. The van der Waals surface area contributed by atoms with E-state index in [0.717, 1.165) is 0 Å². The zero-order chi connectivity index (χ0) is 23.3. The maximum atomic E-state index is 13.8. The largest absolute Gasteiger partial charge is 0.505 e. The van der Waals surface area contributed by atoms with Crippen LogP contribution in [-0.4, -0.2) is 26.0 Å².